The number of hydrogen-bond donors (Lipinski definition) is 2. The number of carbonyl (C=O) groups is 2. The maximum Gasteiger partial charge on any atom is 0.277 e. The highest BCUT2D eigenvalue weighted by Gasteiger charge is 2.15. The first-order chi connectivity index (χ1) is 14.4. The van der Waals surface area contributed by atoms with Crippen molar-refractivity contribution >= 4 is 23.2 Å². The molecule has 0 aliphatic heterocycles. The predicted octanol–water partition coefficient (Wildman–Crippen LogP) is 4.08. The molecule has 0 unspecified atom stereocenters. The monoisotopic (exact) mass is 407 g/mol. The summed E-state index contributed by atoms with van der Waals surface area (Å²) in [5, 5.41) is 7.01. The highest BCUT2D eigenvalue weighted by atomic mass is 16.5. The molecule has 0 saturated heterocycles. The molecule has 1 aliphatic carbocycles. The molecule has 6 heteroatoms. The lowest BCUT2D eigenvalue weighted by Crippen LogP contribution is -2.26. The topological polar surface area (TPSA) is 79.8 Å². The van der Waals surface area contributed by atoms with Gasteiger partial charge < -0.3 is 10.1 Å². The van der Waals surface area contributed by atoms with Crippen LogP contribution in [0.1, 0.15) is 48.4 Å². The molecule has 0 fully saturated rings. The van der Waals surface area contributed by atoms with Gasteiger partial charge in [-0.25, -0.2) is 5.43 Å². The van der Waals surface area contributed by atoms with Crippen LogP contribution in [0.15, 0.2) is 41.5 Å². The third-order valence-electron chi connectivity index (χ3n) is 5.02. The molecule has 30 heavy (non-hydrogen) atoms. The quantitative estimate of drug-likeness (QED) is 0.536. The van der Waals surface area contributed by atoms with Gasteiger partial charge in [-0.3, -0.25) is 9.59 Å². The van der Waals surface area contributed by atoms with Crippen LogP contribution in [0.25, 0.3) is 0 Å². The van der Waals surface area contributed by atoms with Crippen LogP contribution in [0, 0.1) is 13.8 Å². The second-order valence-corrected chi connectivity index (χ2v) is 7.87. The second kappa shape index (κ2) is 10.1. The normalized spacial score (nSPS) is 13.4. The average molecular weight is 408 g/mol. The maximum absolute atomic E-state index is 12.4. The lowest BCUT2D eigenvalue weighted by molar-refractivity contribution is -0.123. The highest BCUT2D eigenvalue weighted by molar-refractivity contribution is 6.06. The number of aryl methyl sites for hydroxylation is 3. The Kier molecular flexibility index (Phi) is 7.22. The Morgan fingerprint density at radius 1 is 1.03 bits per heavy atom. The van der Waals surface area contributed by atoms with Gasteiger partial charge in [0, 0.05) is 11.4 Å². The van der Waals surface area contributed by atoms with Gasteiger partial charge in [-0.2, -0.15) is 5.10 Å². The van der Waals surface area contributed by atoms with Crippen LogP contribution < -0.4 is 15.5 Å². The van der Waals surface area contributed by atoms with Crippen LogP contribution in [0.5, 0.6) is 5.75 Å². The molecule has 2 amide bonds. The number of benzene rings is 2. The lowest BCUT2D eigenvalue weighted by atomic mass is 9.90. The van der Waals surface area contributed by atoms with E-state index in [1.165, 1.54) is 17.5 Å². The summed E-state index contributed by atoms with van der Waals surface area (Å²) < 4.78 is 5.51. The number of hydrogen-bond acceptors (Lipinski definition) is 4. The molecule has 158 valence electrons. The number of carbonyl (C=O) groups excluding carboxylic acids is 2. The minimum atomic E-state index is -0.369. The van der Waals surface area contributed by atoms with Gasteiger partial charge in [0.05, 0.1) is 6.42 Å². The molecule has 6 nitrogen and oxygen atoms in total. The zero-order valence-corrected chi connectivity index (χ0v) is 17.9. The third kappa shape index (κ3) is 6.17. The van der Waals surface area contributed by atoms with Crippen LogP contribution in [-0.2, 0) is 22.4 Å². The molecule has 0 radical (unpaired) electrons. The molecule has 3 rings (SSSR count). The van der Waals surface area contributed by atoms with E-state index in [-0.39, 0.29) is 24.8 Å². The van der Waals surface area contributed by atoms with Gasteiger partial charge in [0.25, 0.3) is 5.91 Å². The lowest BCUT2D eigenvalue weighted by Gasteiger charge is -2.19. The summed E-state index contributed by atoms with van der Waals surface area (Å²) in [6, 6.07) is 11.9. The van der Waals surface area contributed by atoms with Gasteiger partial charge in [0.1, 0.15) is 5.75 Å². The van der Waals surface area contributed by atoms with Crippen molar-refractivity contribution in [2.24, 2.45) is 5.10 Å². The zero-order valence-electron chi connectivity index (χ0n) is 17.9. The zero-order chi connectivity index (χ0) is 21.5. The fraction of sp³-hybridized carbons (Fsp3) is 0.375. The maximum atomic E-state index is 12.4. The number of nitrogens with one attached hydrogen (secondary N) is 2. The molecular weight excluding hydrogens is 378 g/mol. The van der Waals surface area contributed by atoms with E-state index in [9.17, 15) is 9.59 Å². The SMILES string of the molecule is C/C(CC(=O)Nc1cccc2c1CCCC2)=N/NC(=O)COc1cc(C)cc(C)c1. The molecule has 0 spiro atoms. The Hall–Kier alpha value is -3.15. The van der Waals surface area contributed by atoms with Gasteiger partial charge >= 0.3 is 0 Å². The van der Waals surface area contributed by atoms with Crippen molar-refractivity contribution < 1.29 is 14.3 Å². The van der Waals surface area contributed by atoms with E-state index in [0.29, 0.717) is 11.5 Å². The number of nitrogens with zero attached hydrogens (tertiary/aromatic N) is 1. The smallest absolute Gasteiger partial charge is 0.277 e. The van der Waals surface area contributed by atoms with E-state index < -0.39 is 0 Å². The summed E-state index contributed by atoms with van der Waals surface area (Å²) in [6.07, 6.45) is 4.52. The van der Waals surface area contributed by atoms with E-state index in [1.54, 1.807) is 6.92 Å². The number of amides is 2. The van der Waals surface area contributed by atoms with Crippen molar-refractivity contribution in [2.45, 2.75) is 52.9 Å². The van der Waals surface area contributed by atoms with Crippen LogP contribution in [-0.4, -0.2) is 24.1 Å². The van der Waals surface area contributed by atoms with Crippen molar-refractivity contribution in [2.75, 3.05) is 11.9 Å². The number of ether oxygens (including phenoxy) is 1. The molecule has 0 aromatic heterocycles. The fourth-order valence-electron chi connectivity index (χ4n) is 3.72. The predicted molar refractivity (Wildman–Crippen MR) is 119 cm³/mol. The van der Waals surface area contributed by atoms with E-state index >= 15 is 0 Å². The third-order valence-corrected chi connectivity index (χ3v) is 5.02. The van der Waals surface area contributed by atoms with E-state index in [1.807, 2.05) is 44.2 Å². The Morgan fingerprint density at radius 3 is 2.53 bits per heavy atom. The molecule has 2 N–H and O–H groups in total. The average Bonchev–Trinajstić information content (AvgIpc) is 2.70. The fourth-order valence-corrected chi connectivity index (χ4v) is 3.72. The summed E-state index contributed by atoms with van der Waals surface area (Å²) >= 11 is 0. The van der Waals surface area contributed by atoms with Crippen LogP contribution in [0.4, 0.5) is 5.69 Å². The number of rotatable bonds is 7. The van der Waals surface area contributed by atoms with Gasteiger partial charge in [0.15, 0.2) is 6.61 Å². The summed E-state index contributed by atoms with van der Waals surface area (Å²) in [7, 11) is 0. The summed E-state index contributed by atoms with van der Waals surface area (Å²) in [6.45, 7) is 5.53. The summed E-state index contributed by atoms with van der Waals surface area (Å²) in [4.78, 5) is 24.4. The van der Waals surface area contributed by atoms with Crippen LogP contribution in [0.3, 0.4) is 0 Å². The first kappa shape index (κ1) is 21.6. The van der Waals surface area contributed by atoms with Crippen LogP contribution >= 0.6 is 0 Å². The highest BCUT2D eigenvalue weighted by Crippen LogP contribution is 2.27. The molecule has 0 saturated carbocycles. The van der Waals surface area contributed by atoms with Crippen molar-refractivity contribution in [3.05, 3.63) is 58.7 Å². The van der Waals surface area contributed by atoms with E-state index in [0.717, 1.165) is 36.1 Å². The molecule has 0 atom stereocenters. The molecule has 0 heterocycles. The number of hydrazone groups is 1. The van der Waals surface area contributed by atoms with Crippen LogP contribution in [0.2, 0.25) is 0 Å². The van der Waals surface area contributed by atoms with Crippen molar-refractivity contribution in [3.63, 3.8) is 0 Å². The van der Waals surface area contributed by atoms with Crippen molar-refractivity contribution in [3.8, 4) is 5.75 Å². The van der Waals surface area contributed by atoms with E-state index in [4.69, 9.17) is 4.74 Å². The number of fused-ring (bicyclic) bond motifs is 1. The Labute approximate surface area is 177 Å². The van der Waals surface area contributed by atoms with Crippen molar-refractivity contribution in [1.82, 2.24) is 5.43 Å². The number of anilines is 1. The minimum absolute atomic E-state index is 0.113. The Morgan fingerprint density at radius 2 is 1.77 bits per heavy atom. The summed E-state index contributed by atoms with van der Waals surface area (Å²) in [5.41, 5.74) is 8.56. The van der Waals surface area contributed by atoms with Gasteiger partial charge in [0.2, 0.25) is 5.91 Å². The van der Waals surface area contributed by atoms with Gasteiger partial charge in [-0.1, -0.05) is 18.2 Å². The first-order valence-electron chi connectivity index (χ1n) is 10.3. The Balaban J connectivity index is 1.47. The van der Waals surface area contributed by atoms with Gasteiger partial charge in [-0.05, 0) is 86.9 Å². The molecule has 2 aromatic rings. The minimum Gasteiger partial charge on any atom is -0.484 e. The molecule has 0 bridgehead atoms. The largest absolute Gasteiger partial charge is 0.484 e. The molecular formula is C24H29N3O3. The van der Waals surface area contributed by atoms with Crippen molar-refractivity contribution in [1.29, 1.82) is 0 Å². The second-order valence-electron chi connectivity index (χ2n) is 7.87. The Bertz CT molecular complexity index is 946. The van der Waals surface area contributed by atoms with Gasteiger partial charge in [-0.15, -0.1) is 0 Å². The molecule has 2 aromatic carbocycles. The molecule has 1 aliphatic rings. The summed E-state index contributed by atoms with van der Waals surface area (Å²) in [5.74, 6) is 0.135. The standard InChI is InChI=1S/C24H29N3O3/c1-16-11-17(2)13-20(12-16)30-15-24(29)27-26-18(3)14-23(28)25-22-10-6-8-19-7-4-5-9-21(19)22/h6,8,10-13H,4-5,7,9,14-15H2,1-3H3,(H,25,28)(H,27,29)/b26-18-. The van der Waals surface area contributed by atoms with E-state index in [2.05, 4.69) is 21.9 Å². The first-order valence-corrected chi connectivity index (χ1v) is 10.3.